The summed E-state index contributed by atoms with van der Waals surface area (Å²) in [6.07, 6.45) is 0. The van der Waals surface area contributed by atoms with E-state index < -0.39 is 0 Å². The van der Waals surface area contributed by atoms with Crippen LogP contribution in [0.15, 0.2) is 187 Å². The molecule has 3 aromatic heterocycles. The van der Waals surface area contributed by atoms with Crippen LogP contribution in [0.3, 0.4) is 0 Å². The summed E-state index contributed by atoms with van der Waals surface area (Å²) in [5.74, 6) is 0.440. The molecule has 56 heavy (non-hydrogen) atoms. The van der Waals surface area contributed by atoms with Crippen LogP contribution in [0.2, 0.25) is 0 Å². The van der Waals surface area contributed by atoms with Crippen molar-refractivity contribution in [3.05, 3.63) is 199 Å². The van der Waals surface area contributed by atoms with E-state index in [4.69, 9.17) is 4.99 Å². The number of nitrogens with zero attached hydrogens (tertiary/aromatic N) is 3. The van der Waals surface area contributed by atoms with E-state index in [9.17, 15) is 0 Å². The van der Waals surface area contributed by atoms with E-state index in [1.807, 2.05) is 11.3 Å². The topological polar surface area (TPSA) is 22.2 Å². The second kappa shape index (κ2) is 12.1. The van der Waals surface area contributed by atoms with Gasteiger partial charge in [-0.2, -0.15) is 0 Å². The first-order valence-corrected chi connectivity index (χ1v) is 20.2. The molecule has 3 nitrogen and oxygen atoms in total. The van der Waals surface area contributed by atoms with Crippen molar-refractivity contribution >= 4 is 86.5 Å². The Morgan fingerprint density at radius 1 is 0.482 bits per heavy atom. The molecule has 0 radical (unpaired) electrons. The number of aromatic nitrogens is 2. The Bertz CT molecular complexity index is 3370. The molecule has 2 atom stereocenters. The van der Waals surface area contributed by atoms with Crippen molar-refractivity contribution in [3.8, 4) is 11.4 Å². The molecule has 264 valence electrons. The maximum absolute atomic E-state index is 5.33. The quantitative estimate of drug-likeness (QED) is 0.172. The van der Waals surface area contributed by atoms with Gasteiger partial charge < -0.3 is 9.13 Å². The summed E-state index contributed by atoms with van der Waals surface area (Å²) >= 11 is 1.90. The maximum atomic E-state index is 5.33. The Labute approximate surface area is 328 Å². The van der Waals surface area contributed by atoms with Crippen LogP contribution in [0.25, 0.3) is 75.2 Å². The van der Waals surface area contributed by atoms with Crippen molar-refractivity contribution in [3.63, 3.8) is 0 Å². The minimum absolute atomic E-state index is 0.206. The van der Waals surface area contributed by atoms with Gasteiger partial charge in [-0.3, -0.25) is 4.99 Å². The minimum atomic E-state index is 0.206. The molecule has 0 N–H and O–H groups in total. The first kappa shape index (κ1) is 31.6. The molecule has 0 saturated carbocycles. The molecular weight excluding hydrogens is 699 g/mol. The van der Waals surface area contributed by atoms with Crippen LogP contribution in [-0.4, -0.2) is 14.8 Å². The number of hydrogen-bond acceptors (Lipinski definition) is 2. The first-order valence-electron chi connectivity index (χ1n) is 19.4. The highest BCUT2D eigenvalue weighted by Crippen LogP contribution is 2.46. The fraction of sp³-hybridized carbons (Fsp3) is 0.0577. The van der Waals surface area contributed by atoms with Gasteiger partial charge >= 0.3 is 0 Å². The molecule has 2 unspecified atom stereocenters. The van der Waals surface area contributed by atoms with Gasteiger partial charge in [0, 0.05) is 60.2 Å². The van der Waals surface area contributed by atoms with Crippen molar-refractivity contribution in [1.29, 1.82) is 0 Å². The number of hydrogen-bond donors (Lipinski definition) is 0. The van der Waals surface area contributed by atoms with Gasteiger partial charge in [-0.1, -0.05) is 134 Å². The Hall–Kier alpha value is -6.75. The molecule has 1 aliphatic rings. The fourth-order valence-electron chi connectivity index (χ4n) is 9.61. The highest BCUT2D eigenvalue weighted by atomic mass is 32.1. The second-order valence-electron chi connectivity index (χ2n) is 15.1. The summed E-state index contributed by atoms with van der Waals surface area (Å²) in [6.45, 7) is 2.34. The van der Waals surface area contributed by atoms with Crippen LogP contribution in [0, 0.1) is 5.92 Å². The van der Waals surface area contributed by atoms with E-state index >= 15 is 0 Å². The SMILES string of the molecule is CC1C(c2ccc(-n3c4cc5c(cc4c4ccc6c7ccccc7sc6c43)c3ccccc3n5-c3ccccc3)cc2)=Nc2ccccc2C1c1ccccc1. The van der Waals surface area contributed by atoms with Crippen LogP contribution in [0.5, 0.6) is 0 Å². The summed E-state index contributed by atoms with van der Waals surface area (Å²) < 4.78 is 7.57. The molecule has 4 heterocycles. The van der Waals surface area contributed by atoms with Crippen LogP contribution < -0.4 is 0 Å². The molecule has 0 saturated heterocycles. The van der Waals surface area contributed by atoms with E-state index in [2.05, 4.69) is 198 Å². The molecule has 11 aromatic rings. The van der Waals surface area contributed by atoms with E-state index in [0.29, 0.717) is 0 Å². The van der Waals surface area contributed by atoms with Gasteiger partial charge in [0.1, 0.15) is 0 Å². The Morgan fingerprint density at radius 2 is 1.12 bits per heavy atom. The third-order valence-electron chi connectivity index (χ3n) is 12.1. The van der Waals surface area contributed by atoms with Gasteiger partial charge in [-0.15, -0.1) is 11.3 Å². The minimum Gasteiger partial charge on any atom is -0.309 e. The smallest absolute Gasteiger partial charge is 0.0719 e. The van der Waals surface area contributed by atoms with Crippen LogP contribution in [0.4, 0.5) is 5.69 Å². The molecule has 0 aliphatic carbocycles. The molecule has 4 heteroatoms. The van der Waals surface area contributed by atoms with Gasteiger partial charge in [0.2, 0.25) is 0 Å². The lowest BCUT2D eigenvalue weighted by molar-refractivity contribution is 0.650. The third-order valence-corrected chi connectivity index (χ3v) is 13.3. The monoisotopic (exact) mass is 733 g/mol. The molecule has 12 rings (SSSR count). The molecule has 8 aromatic carbocycles. The average Bonchev–Trinajstić information content (AvgIpc) is 3.91. The van der Waals surface area contributed by atoms with Crippen LogP contribution in [0.1, 0.15) is 29.5 Å². The van der Waals surface area contributed by atoms with Gasteiger partial charge in [0.25, 0.3) is 0 Å². The molecule has 0 fully saturated rings. The van der Waals surface area contributed by atoms with Crippen molar-refractivity contribution < 1.29 is 0 Å². The lowest BCUT2D eigenvalue weighted by atomic mass is 9.75. The van der Waals surface area contributed by atoms with Crippen molar-refractivity contribution in [2.75, 3.05) is 0 Å². The van der Waals surface area contributed by atoms with E-state index in [-0.39, 0.29) is 11.8 Å². The Balaban J connectivity index is 1.12. The standard InChI is InChI=1S/C52H35N3S/c1-32-49(33-14-4-2-5-15-33)41-20-8-11-21-44(41)53-50(32)34-24-26-36(27-25-34)55-47-31-46-42(37-18-9-12-22-45(37)54(46)35-16-6-3-7-17-35)30-43(47)39-28-29-40-38-19-10-13-23-48(38)56-52(40)51(39)55/h2-32,49H,1H3. The number of aliphatic imine (C=N–C) groups is 1. The zero-order valence-electron chi connectivity index (χ0n) is 30.7. The number of fused-ring (bicyclic) bond motifs is 11. The Kier molecular flexibility index (Phi) is 6.84. The summed E-state index contributed by atoms with van der Waals surface area (Å²) in [4.78, 5) is 5.33. The average molecular weight is 734 g/mol. The van der Waals surface area contributed by atoms with Crippen LogP contribution in [-0.2, 0) is 0 Å². The first-order chi connectivity index (χ1) is 27.7. The molecule has 0 spiro atoms. The summed E-state index contributed by atoms with van der Waals surface area (Å²) in [5, 5.41) is 7.68. The summed E-state index contributed by atoms with van der Waals surface area (Å²) in [5.41, 5.74) is 13.2. The summed E-state index contributed by atoms with van der Waals surface area (Å²) in [6, 6.07) is 66.8. The fourth-order valence-corrected chi connectivity index (χ4v) is 10.9. The van der Waals surface area contributed by atoms with Gasteiger partial charge in [-0.05, 0) is 71.3 Å². The van der Waals surface area contributed by atoms with Crippen molar-refractivity contribution in [1.82, 2.24) is 9.13 Å². The highest BCUT2D eigenvalue weighted by molar-refractivity contribution is 7.26. The normalized spacial score (nSPS) is 15.7. The van der Waals surface area contributed by atoms with E-state index in [1.165, 1.54) is 74.9 Å². The number of thiophene rings is 1. The van der Waals surface area contributed by atoms with Crippen molar-refractivity contribution in [2.45, 2.75) is 12.8 Å². The van der Waals surface area contributed by atoms with E-state index in [1.54, 1.807) is 0 Å². The molecule has 0 amide bonds. The lowest BCUT2D eigenvalue weighted by Gasteiger charge is -2.31. The predicted octanol–water partition coefficient (Wildman–Crippen LogP) is 14.2. The second-order valence-corrected chi connectivity index (χ2v) is 16.2. The zero-order valence-corrected chi connectivity index (χ0v) is 31.5. The van der Waals surface area contributed by atoms with E-state index in [0.717, 1.165) is 28.3 Å². The zero-order chi connectivity index (χ0) is 36.9. The van der Waals surface area contributed by atoms with Crippen molar-refractivity contribution in [2.24, 2.45) is 10.9 Å². The number of rotatable bonds is 4. The lowest BCUT2D eigenvalue weighted by Crippen LogP contribution is -2.25. The van der Waals surface area contributed by atoms with Gasteiger partial charge in [0.15, 0.2) is 0 Å². The highest BCUT2D eigenvalue weighted by Gasteiger charge is 2.32. The Morgan fingerprint density at radius 3 is 1.96 bits per heavy atom. The van der Waals surface area contributed by atoms with Gasteiger partial charge in [-0.25, -0.2) is 0 Å². The molecule has 0 bridgehead atoms. The summed E-state index contributed by atoms with van der Waals surface area (Å²) in [7, 11) is 0. The number of benzene rings is 8. The predicted molar refractivity (Wildman–Crippen MR) is 238 cm³/mol. The molecular formula is C52H35N3S. The molecule has 1 aliphatic heterocycles. The largest absolute Gasteiger partial charge is 0.309 e. The van der Waals surface area contributed by atoms with Crippen LogP contribution >= 0.6 is 11.3 Å². The third kappa shape index (κ3) is 4.54. The van der Waals surface area contributed by atoms with Gasteiger partial charge in [0.05, 0.1) is 38.2 Å². The maximum Gasteiger partial charge on any atom is 0.0719 e. The number of para-hydroxylation sites is 3.